The molecule has 3 aromatic rings. The summed E-state index contributed by atoms with van der Waals surface area (Å²) in [6, 6.07) is 20.9. The highest BCUT2D eigenvalue weighted by Crippen LogP contribution is 2.24. The SMILES string of the molecule is COc1ccc([C@H](CNC(=O)c2ccc(COc3ccccc3)o2)N2CCOCC2)cc1. The fourth-order valence-corrected chi connectivity index (χ4v) is 3.70. The predicted molar refractivity (Wildman–Crippen MR) is 120 cm³/mol. The number of amides is 1. The van der Waals surface area contributed by atoms with Gasteiger partial charge in [0.05, 0.1) is 26.4 Å². The molecule has 32 heavy (non-hydrogen) atoms. The molecule has 0 aliphatic carbocycles. The number of rotatable bonds is 9. The minimum Gasteiger partial charge on any atom is -0.497 e. The quantitative estimate of drug-likeness (QED) is 0.552. The van der Waals surface area contributed by atoms with Crippen LogP contribution in [0.4, 0.5) is 0 Å². The number of hydrogen-bond acceptors (Lipinski definition) is 6. The Morgan fingerprint density at radius 2 is 1.75 bits per heavy atom. The Hall–Kier alpha value is -3.29. The summed E-state index contributed by atoms with van der Waals surface area (Å²) in [7, 11) is 1.65. The van der Waals surface area contributed by atoms with E-state index in [0.29, 0.717) is 25.5 Å². The van der Waals surface area contributed by atoms with E-state index < -0.39 is 0 Å². The van der Waals surface area contributed by atoms with Gasteiger partial charge >= 0.3 is 0 Å². The summed E-state index contributed by atoms with van der Waals surface area (Å²) in [5.41, 5.74) is 1.12. The molecular formula is C25H28N2O5. The van der Waals surface area contributed by atoms with Crippen molar-refractivity contribution in [3.8, 4) is 11.5 Å². The number of methoxy groups -OCH3 is 1. The predicted octanol–water partition coefficient (Wildman–Crippen LogP) is 3.67. The molecule has 1 saturated heterocycles. The van der Waals surface area contributed by atoms with E-state index >= 15 is 0 Å². The number of hydrogen-bond donors (Lipinski definition) is 1. The van der Waals surface area contributed by atoms with Crippen LogP contribution in [0.1, 0.15) is 27.9 Å². The molecule has 7 nitrogen and oxygen atoms in total. The van der Waals surface area contributed by atoms with Gasteiger partial charge in [-0.1, -0.05) is 30.3 Å². The number of nitrogens with zero attached hydrogens (tertiary/aromatic N) is 1. The molecule has 0 radical (unpaired) electrons. The molecule has 2 heterocycles. The van der Waals surface area contributed by atoms with E-state index in [1.807, 2.05) is 54.6 Å². The van der Waals surface area contributed by atoms with Crippen molar-refractivity contribution in [3.05, 3.63) is 83.8 Å². The molecule has 168 valence electrons. The zero-order chi connectivity index (χ0) is 22.2. The summed E-state index contributed by atoms with van der Waals surface area (Å²) in [6.07, 6.45) is 0. The Balaban J connectivity index is 1.37. The molecule has 1 amide bonds. The van der Waals surface area contributed by atoms with Gasteiger partial charge in [0.25, 0.3) is 5.91 Å². The van der Waals surface area contributed by atoms with Gasteiger partial charge in [-0.3, -0.25) is 9.69 Å². The molecular weight excluding hydrogens is 408 g/mol. The standard InChI is InChI=1S/C25H28N2O5/c1-29-20-9-7-19(8-10-20)23(27-13-15-30-16-14-27)17-26-25(28)24-12-11-22(32-24)18-31-21-5-3-2-4-6-21/h2-12,23H,13-18H2,1H3,(H,26,28)/t23-/m0/s1. The number of nitrogens with one attached hydrogen (secondary N) is 1. The monoisotopic (exact) mass is 436 g/mol. The molecule has 1 fully saturated rings. The lowest BCUT2D eigenvalue weighted by atomic mass is 10.0. The molecule has 4 rings (SSSR count). The first kappa shape index (κ1) is 21.9. The van der Waals surface area contributed by atoms with Crippen molar-refractivity contribution in [2.75, 3.05) is 40.0 Å². The summed E-state index contributed by atoms with van der Waals surface area (Å²) in [5.74, 6) is 2.18. The molecule has 1 aromatic heterocycles. The third kappa shape index (κ3) is 5.69. The van der Waals surface area contributed by atoms with Crippen molar-refractivity contribution in [2.24, 2.45) is 0 Å². The number of morpholine rings is 1. The lowest BCUT2D eigenvalue weighted by Crippen LogP contribution is -2.43. The molecule has 1 aliphatic heterocycles. The van der Waals surface area contributed by atoms with Gasteiger partial charge in [-0.2, -0.15) is 0 Å². The van der Waals surface area contributed by atoms with Gasteiger partial charge in [-0.05, 0) is 42.0 Å². The number of furan rings is 1. The normalized spacial score (nSPS) is 15.2. The van der Waals surface area contributed by atoms with Crippen LogP contribution in [0.2, 0.25) is 0 Å². The summed E-state index contributed by atoms with van der Waals surface area (Å²) >= 11 is 0. The van der Waals surface area contributed by atoms with Crippen molar-refractivity contribution >= 4 is 5.91 Å². The average molecular weight is 437 g/mol. The van der Waals surface area contributed by atoms with Gasteiger partial charge in [-0.15, -0.1) is 0 Å². The lowest BCUT2D eigenvalue weighted by molar-refractivity contribution is 0.0161. The second kappa shape index (κ2) is 10.8. The minimum absolute atomic E-state index is 0.0320. The number of carbonyl (C=O) groups is 1. The molecule has 0 bridgehead atoms. The summed E-state index contributed by atoms with van der Waals surface area (Å²) in [5, 5.41) is 3.02. The molecule has 1 N–H and O–H groups in total. The van der Waals surface area contributed by atoms with E-state index in [-0.39, 0.29) is 24.3 Å². The highest BCUT2D eigenvalue weighted by molar-refractivity contribution is 5.91. The molecule has 1 atom stereocenters. The summed E-state index contributed by atoms with van der Waals surface area (Å²) in [6.45, 7) is 3.72. The number of benzene rings is 2. The van der Waals surface area contributed by atoms with Crippen LogP contribution >= 0.6 is 0 Å². The van der Waals surface area contributed by atoms with Gasteiger partial charge in [0.15, 0.2) is 5.76 Å². The van der Waals surface area contributed by atoms with Gasteiger partial charge in [0.1, 0.15) is 23.9 Å². The van der Waals surface area contributed by atoms with Crippen LogP contribution < -0.4 is 14.8 Å². The van der Waals surface area contributed by atoms with Gasteiger partial charge in [0.2, 0.25) is 0 Å². The average Bonchev–Trinajstić information content (AvgIpc) is 3.34. The highest BCUT2D eigenvalue weighted by Gasteiger charge is 2.24. The fourth-order valence-electron chi connectivity index (χ4n) is 3.70. The molecule has 1 aliphatic rings. The third-order valence-electron chi connectivity index (χ3n) is 5.45. The number of ether oxygens (including phenoxy) is 3. The van der Waals surface area contributed by atoms with E-state index in [1.54, 1.807) is 19.2 Å². The molecule has 7 heteroatoms. The Bertz CT molecular complexity index is 981. The maximum Gasteiger partial charge on any atom is 0.287 e. The van der Waals surface area contributed by atoms with E-state index in [4.69, 9.17) is 18.6 Å². The van der Waals surface area contributed by atoms with Gasteiger partial charge < -0.3 is 23.9 Å². The highest BCUT2D eigenvalue weighted by atomic mass is 16.5. The topological polar surface area (TPSA) is 73.2 Å². The number of carbonyl (C=O) groups excluding carboxylic acids is 1. The van der Waals surface area contributed by atoms with E-state index in [1.165, 1.54) is 0 Å². The summed E-state index contributed by atoms with van der Waals surface area (Å²) < 4.78 is 22.2. The maximum atomic E-state index is 12.7. The van der Waals surface area contributed by atoms with Crippen LogP contribution in [0.15, 0.2) is 71.1 Å². The van der Waals surface area contributed by atoms with Crippen LogP contribution in [0.25, 0.3) is 0 Å². The Morgan fingerprint density at radius 3 is 2.47 bits per heavy atom. The molecule has 0 unspecified atom stereocenters. The van der Waals surface area contributed by atoms with E-state index in [0.717, 1.165) is 30.2 Å². The Kier molecular flexibility index (Phi) is 7.42. The fraction of sp³-hybridized carbons (Fsp3) is 0.320. The maximum absolute atomic E-state index is 12.7. The summed E-state index contributed by atoms with van der Waals surface area (Å²) in [4.78, 5) is 15.1. The first-order valence-electron chi connectivity index (χ1n) is 10.7. The zero-order valence-electron chi connectivity index (χ0n) is 18.2. The second-order valence-electron chi connectivity index (χ2n) is 7.52. The third-order valence-corrected chi connectivity index (χ3v) is 5.45. The minimum atomic E-state index is -0.247. The van der Waals surface area contributed by atoms with Crippen LogP contribution in [-0.4, -0.2) is 50.8 Å². The molecule has 2 aromatic carbocycles. The molecule has 0 saturated carbocycles. The van der Waals surface area contributed by atoms with Crippen molar-refractivity contribution < 1.29 is 23.4 Å². The first-order valence-corrected chi connectivity index (χ1v) is 10.7. The van der Waals surface area contributed by atoms with Crippen LogP contribution in [-0.2, 0) is 11.3 Å². The largest absolute Gasteiger partial charge is 0.497 e. The van der Waals surface area contributed by atoms with Gasteiger partial charge in [0, 0.05) is 19.6 Å². The van der Waals surface area contributed by atoms with E-state index in [9.17, 15) is 4.79 Å². The second-order valence-corrected chi connectivity index (χ2v) is 7.52. The van der Waals surface area contributed by atoms with Crippen molar-refractivity contribution in [3.63, 3.8) is 0 Å². The van der Waals surface area contributed by atoms with Gasteiger partial charge in [-0.25, -0.2) is 0 Å². The Morgan fingerprint density at radius 1 is 1.00 bits per heavy atom. The smallest absolute Gasteiger partial charge is 0.287 e. The van der Waals surface area contributed by atoms with Crippen molar-refractivity contribution in [2.45, 2.75) is 12.6 Å². The van der Waals surface area contributed by atoms with Crippen LogP contribution in [0.3, 0.4) is 0 Å². The number of para-hydroxylation sites is 1. The van der Waals surface area contributed by atoms with E-state index in [2.05, 4.69) is 10.2 Å². The first-order chi connectivity index (χ1) is 15.7. The molecule has 0 spiro atoms. The van der Waals surface area contributed by atoms with Crippen LogP contribution in [0.5, 0.6) is 11.5 Å². The van der Waals surface area contributed by atoms with Crippen molar-refractivity contribution in [1.29, 1.82) is 0 Å². The van der Waals surface area contributed by atoms with Crippen molar-refractivity contribution in [1.82, 2.24) is 10.2 Å². The van der Waals surface area contributed by atoms with Crippen LogP contribution in [0, 0.1) is 0 Å². The Labute approximate surface area is 187 Å². The lowest BCUT2D eigenvalue weighted by Gasteiger charge is -2.34. The zero-order valence-corrected chi connectivity index (χ0v) is 18.2.